The largest absolute Gasteiger partial charge is 0.494 e. The Kier molecular flexibility index (Phi) is 17.2. The van der Waals surface area contributed by atoms with Crippen molar-refractivity contribution in [2.45, 2.75) is 23.7 Å². The van der Waals surface area contributed by atoms with E-state index in [1.165, 1.54) is 76.1 Å². The topological polar surface area (TPSA) is 251 Å². The van der Waals surface area contributed by atoms with Crippen LogP contribution in [-0.2, 0) is 31.2 Å². The number of rotatable bonds is 20. The quantitative estimate of drug-likeness (QED) is 0.0851. The Morgan fingerprint density at radius 3 is 1.09 bits per heavy atom. The fourth-order valence-electron chi connectivity index (χ4n) is 7.59. The normalized spacial score (nSPS) is 12.2. The average molecular weight is 1060 g/mol. The van der Waals surface area contributed by atoms with Crippen LogP contribution in [0.2, 0.25) is 0 Å². The zero-order valence-electron chi connectivity index (χ0n) is 40.7. The first-order chi connectivity index (χ1) is 35.5. The number of sulfone groups is 2. The molecule has 0 saturated heterocycles. The van der Waals surface area contributed by atoms with Crippen LogP contribution in [0.4, 0.5) is 8.78 Å². The monoisotopic (exact) mass is 1060 g/mol. The Morgan fingerprint density at radius 1 is 0.459 bits per heavy atom. The van der Waals surface area contributed by atoms with E-state index in [0.29, 0.717) is 57.5 Å². The molecule has 0 bridgehead atoms. The standard InChI is InChI=1S/2C25H25FN4O6S/c2*1-34-20-7-5-8-21(35-2)24(20)30-22(28-29-25(30)18-6-4-9-23(27-18)36-3)15-37(32,33)14-19(31)16-10-12-17(26)13-11-16/h2*4-13,19,31H,14-15H2,1-3H3/t2*19-/m10/s1. The minimum atomic E-state index is -3.94. The maximum atomic E-state index is 13.2. The summed E-state index contributed by atoms with van der Waals surface area (Å²) >= 11 is 0. The number of aromatic nitrogens is 8. The molecular formula is C50H50F2N8O12S2. The van der Waals surface area contributed by atoms with Gasteiger partial charge >= 0.3 is 0 Å². The number of hydrogen-bond acceptors (Lipinski definition) is 18. The average Bonchev–Trinajstić information content (AvgIpc) is 4.01. The molecule has 0 saturated carbocycles. The molecule has 0 aliphatic carbocycles. The highest BCUT2D eigenvalue weighted by molar-refractivity contribution is 7.90. The summed E-state index contributed by atoms with van der Waals surface area (Å²) in [6, 6.07) is 30.3. The third-order valence-electron chi connectivity index (χ3n) is 11.1. The zero-order chi connectivity index (χ0) is 53.2. The molecule has 8 rings (SSSR count). The third-order valence-corrected chi connectivity index (χ3v) is 14.1. The second-order valence-corrected chi connectivity index (χ2v) is 20.2. The van der Waals surface area contributed by atoms with Gasteiger partial charge < -0.3 is 38.6 Å². The predicted molar refractivity (Wildman–Crippen MR) is 266 cm³/mol. The maximum absolute atomic E-state index is 13.2. The molecule has 8 aromatic rings. The van der Waals surface area contributed by atoms with Gasteiger partial charge in [0.25, 0.3) is 0 Å². The van der Waals surface area contributed by atoms with Gasteiger partial charge in [-0.05, 0) is 71.8 Å². The van der Waals surface area contributed by atoms with Crippen LogP contribution in [0.3, 0.4) is 0 Å². The van der Waals surface area contributed by atoms with Crippen LogP contribution < -0.4 is 28.4 Å². The van der Waals surface area contributed by atoms with Crippen molar-refractivity contribution in [3.63, 3.8) is 0 Å². The first kappa shape index (κ1) is 53.7. The van der Waals surface area contributed by atoms with E-state index in [4.69, 9.17) is 28.4 Å². The molecule has 0 aliphatic heterocycles. The van der Waals surface area contributed by atoms with Gasteiger partial charge in [0.05, 0.1) is 66.4 Å². The second kappa shape index (κ2) is 23.7. The summed E-state index contributed by atoms with van der Waals surface area (Å²) in [5, 5.41) is 37.8. The van der Waals surface area contributed by atoms with Crippen LogP contribution in [0.15, 0.2) is 121 Å². The third kappa shape index (κ3) is 12.6. The number of nitrogens with zero attached hydrogens (tertiary/aromatic N) is 8. The van der Waals surface area contributed by atoms with E-state index >= 15 is 0 Å². The molecular weight excluding hydrogens is 1010 g/mol. The highest BCUT2D eigenvalue weighted by Crippen LogP contribution is 2.38. The highest BCUT2D eigenvalue weighted by Gasteiger charge is 2.30. The van der Waals surface area contributed by atoms with Gasteiger partial charge in [-0.15, -0.1) is 20.4 Å². The summed E-state index contributed by atoms with van der Waals surface area (Å²) < 4.78 is 115. The summed E-state index contributed by atoms with van der Waals surface area (Å²) in [5.41, 5.74) is 2.05. The van der Waals surface area contributed by atoms with Crippen molar-refractivity contribution in [1.29, 1.82) is 0 Å². The van der Waals surface area contributed by atoms with Gasteiger partial charge in [-0.2, -0.15) is 0 Å². The van der Waals surface area contributed by atoms with Crippen LogP contribution in [0.5, 0.6) is 34.8 Å². The van der Waals surface area contributed by atoms with Gasteiger partial charge in [-0.1, -0.05) is 48.5 Å². The van der Waals surface area contributed by atoms with E-state index in [9.17, 15) is 35.8 Å². The molecule has 388 valence electrons. The predicted octanol–water partition coefficient (Wildman–Crippen LogP) is 6.29. The Labute approximate surface area is 424 Å². The first-order valence-electron chi connectivity index (χ1n) is 22.1. The summed E-state index contributed by atoms with van der Waals surface area (Å²) in [4.78, 5) is 8.83. The van der Waals surface area contributed by atoms with E-state index in [0.717, 1.165) is 24.3 Å². The lowest BCUT2D eigenvalue weighted by Gasteiger charge is -2.17. The Morgan fingerprint density at radius 2 is 0.784 bits per heavy atom. The number of para-hydroxylation sites is 2. The van der Waals surface area contributed by atoms with Gasteiger partial charge in [-0.25, -0.2) is 35.6 Å². The van der Waals surface area contributed by atoms with E-state index in [1.54, 1.807) is 72.8 Å². The van der Waals surface area contributed by atoms with Crippen molar-refractivity contribution in [1.82, 2.24) is 39.5 Å². The molecule has 20 nitrogen and oxygen atoms in total. The lowest BCUT2D eigenvalue weighted by Crippen LogP contribution is -2.19. The molecule has 74 heavy (non-hydrogen) atoms. The summed E-state index contributed by atoms with van der Waals surface area (Å²) in [7, 11) is 0.974. The number of halogens is 2. The van der Waals surface area contributed by atoms with Crippen molar-refractivity contribution in [3.05, 3.63) is 156 Å². The molecule has 4 aromatic heterocycles. The van der Waals surface area contributed by atoms with E-state index < -0.39 is 66.5 Å². The number of benzene rings is 4. The lowest BCUT2D eigenvalue weighted by atomic mass is 10.1. The molecule has 0 radical (unpaired) electrons. The first-order valence-corrected chi connectivity index (χ1v) is 25.8. The summed E-state index contributed by atoms with van der Waals surface area (Å²) in [6.07, 6.45) is -2.72. The minimum Gasteiger partial charge on any atom is -0.494 e. The van der Waals surface area contributed by atoms with Gasteiger partial charge in [0.1, 0.15) is 68.9 Å². The van der Waals surface area contributed by atoms with Crippen LogP contribution in [-0.4, -0.2) is 121 Å². The van der Waals surface area contributed by atoms with Crippen molar-refractivity contribution in [2.24, 2.45) is 0 Å². The number of aliphatic hydroxyl groups is 2. The molecule has 24 heteroatoms. The number of hydrogen-bond donors (Lipinski definition) is 2. The molecule has 2 atom stereocenters. The molecule has 0 spiro atoms. The molecule has 0 amide bonds. The smallest absolute Gasteiger partial charge is 0.213 e. The van der Waals surface area contributed by atoms with Crippen LogP contribution in [0, 0.1) is 11.6 Å². The Hall–Kier alpha value is -8.06. The van der Waals surface area contributed by atoms with Gasteiger partial charge in [0.15, 0.2) is 43.0 Å². The maximum Gasteiger partial charge on any atom is 0.213 e. The molecule has 0 aliphatic rings. The van der Waals surface area contributed by atoms with Crippen LogP contribution in [0.1, 0.15) is 35.0 Å². The van der Waals surface area contributed by atoms with Crippen molar-refractivity contribution in [3.8, 4) is 69.2 Å². The summed E-state index contributed by atoms with van der Waals surface area (Å²) in [6.45, 7) is 0. The van der Waals surface area contributed by atoms with Gasteiger partial charge in [0.2, 0.25) is 11.8 Å². The molecule has 2 N–H and O–H groups in total. The van der Waals surface area contributed by atoms with Crippen LogP contribution >= 0.6 is 0 Å². The molecule has 4 aromatic carbocycles. The van der Waals surface area contributed by atoms with E-state index in [1.807, 2.05) is 0 Å². The van der Waals surface area contributed by atoms with Crippen molar-refractivity contribution >= 4 is 19.7 Å². The molecule has 0 fully saturated rings. The van der Waals surface area contributed by atoms with Gasteiger partial charge in [-0.3, -0.25) is 9.13 Å². The second-order valence-electron chi connectivity index (χ2n) is 15.9. The van der Waals surface area contributed by atoms with Gasteiger partial charge in [0, 0.05) is 12.1 Å². The fourth-order valence-corrected chi connectivity index (χ4v) is 10.3. The number of pyridine rings is 2. The minimum absolute atomic E-state index is 0.0497. The van der Waals surface area contributed by atoms with Crippen LogP contribution in [0.25, 0.3) is 34.4 Å². The molecule has 0 unspecified atom stereocenters. The fraction of sp³-hybridized carbons (Fsp3) is 0.240. The zero-order valence-corrected chi connectivity index (χ0v) is 42.3. The van der Waals surface area contributed by atoms with E-state index in [-0.39, 0.29) is 34.4 Å². The SMILES string of the molecule is COc1cccc(-c2nnc(CS(=O)(=O)C[C@@H](O)c3ccc(F)cc3)n2-c2c(OC)cccc2OC)n1.COc1cccc(-c2nnc(CS(=O)(=O)C[C@H](O)c3ccc(F)cc3)n2-c2c(OC)cccc2OC)n1. The number of aliphatic hydroxyl groups excluding tert-OH is 2. The Balaban J connectivity index is 0.000000216. The van der Waals surface area contributed by atoms with Crippen molar-refractivity contribution in [2.75, 3.05) is 54.2 Å². The summed E-state index contributed by atoms with van der Waals surface area (Å²) in [5.74, 6) is -0.586. The Bertz CT molecular complexity index is 3170. The highest BCUT2D eigenvalue weighted by atomic mass is 32.2. The molecule has 4 heterocycles. The van der Waals surface area contributed by atoms with E-state index in [2.05, 4.69) is 30.4 Å². The number of methoxy groups -OCH3 is 6. The number of ether oxygens (including phenoxy) is 6. The van der Waals surface area contributed by atoms with Crippen molar-refractivity contribution < 1.29 is 64.3 Å². The lowest BCUT2D eigenvalue weighted by molar-refractivity contribution is 0.201.